The Morgan fingerprint density at radius 1 is 1.21 bits per heavy atom. The second-order valence-corrected chi connectivity index (χ2v) is 5.16. The second kappa shape index (κ2) is 6.18. The van der Waals surface area contributed by atoms with E-state index >= 15 is 0 Å². The molecule has 2 aromatic carbocycles. The third-order valence-electron chi connectivity index (χ3n) is 3.16. The Kier molecular flexibility index (Phi) is 4.56. The van der Waals surface area contributed by atoms with E-state index in [0.717, 1.165) is 5.56 Å². The van der Waals surface area contributed by atoms with Crippen molar-refractivity contribution in [2.75, 3.05) is 0 Å². The molecule has 0 heterocycles. The van der Waals surface area contributed by atoms with Crippen molar-refractivity contribution < 1.29 is 4.39 Å². The summed E-state index contributed by atoms with van der Waals surface area (Å²) in [6, 6.07) is 13.1. The van der Waals surface area contributed by atoms with Crippen molar-refractivity contribution in [3.05, 3.63) is 70.0 Å². The maximum absolute atomic E-state index is 13.0. The van der Waals surface area contributed by atoms with Crippen molar-refractivity contribution in [2.45, 2.75) is 26.4 Å². The molecule has 0 aliphatic rings. The molecule has 0 amide bonds. The highest BCUT2D eigenvalue weighted by atomic mass is 35.5. The lowest BCUT2D eigenvalue weighted by molar-refractivity contribution is 0.572. The van der Waals surface area contributed by atoms with Crippen molar-refractivity contribution >= 4 is 11.6 Å². The summed E-state index contributed by atoms with van der Waals surface area (Å²) in [6.07, 6.45) is 0. The summed E-state index contributed by atoms with van der Waals surface area (Å²) in [4.78, 5) is 0. The third-order valence-corrected chi connectivity index (χ3v) is 3.51. The number of aryl methyl sites for hydroxylation is 1. The van der Waals surface area contributed by atoms with Crippen LogP contribution in [0.15, 0.2) is 42.5 Å². The van der Waals surface area contributed by atoms with Gasteiger partial charge in [0.1, 0.15) is 5.82 Å². The van der Waals surface area contributed by atoms with Gasteiger partial charge in [-0.1, -0.05) is 47.5 Å². The highest BCUT2D eigenvalue weighted by molar-refractivity contribution is 6.31. The Morgan fingerprint density at radius 2 is 2.00 bits per heavy atom. The minimum absolute atomic E-state index is 0.223. The summed E-state index contributed by atoms with van der Waals surface area (Å²) in [5, 5.41) is 3.86. The minimum atomic E-state index is -0.305. The van der Waals surface area contributed by atoms with Gasteiger partial charge in [-0.2, -0.15) is 0 Å². The number of benzene rings is 2. The zero-order chi connectivity index (χ0) is 13.8. The summed E-state index contributed by atoms with van der Waals surface area (Å²) in [6.45, 7) is 4.80. The summed E-state index contributed by atoms with van der Waals surface area (Å²) in [7, 11) is 0. The predicted molar refractivity (Wildman–Crippen MR) is 77.8 cm³/mol. The van der Waals surface area contributed by atoms with Crippen LogP contribution in [0.3, 0.4) is 0 Å². The number of nitrogens with one attached hydrogen (secondary N) is 1. The van der Waals surface area contributed by atoms with Gasteiger partial charge in [-0.05, 0) is 37.1 Å². The molecule has 0 aromatic heterocycles. The first kappa shape index (κ1) is 14.0. The van der Waals surface area contributed by atoms with E-state index in [1.807, 2.05) is 6.07 Å². The maximum atomic E-state index is 13.0. The molecule has 0 fully saturated rings. The number of halogens is 2. The van der Waals surface area contributed by atoms with E-state index < -0.39 is 0 Å². The van der Waals surface area contributed by atoms with E-state index in [-0.39, 0.29) is 11.9 Å². The molecule has 0 bridgehead atoms. The van der Waals surface area contributed by atoms with Gasteiger partial charge in [0, 0.05) is 17.6 Å². The van der Waals surface area contributed by atoms with Gasteiger partial charge in [0.05, 0.1) is 0 Å². The van der Waals surface area contributed by atoms with E-state index in [2.05, 4.69) is 37.4 Å². The first-order valence-corrected chi connectivity index (χ1v) is 6.68. The number of hydrogen-bond donors (Lipinski definition) is 1. The van der Waals surface area contributed by atoms with E-state index in [9.17, 15) is 4.39 Å². The molecule has 100 valence electrons. The van der Waals surface area contributed by atoms with Crippen LogP contribution in [0.5, 0.6) is 0 Å². The maximum Gasteiger partial charge on any atom is 0.124 e. The van der Waals surface area contributed by atoms with Crippen molar-refractivity contribution in [3.8, 4) is 0 Å². The predicted octanol–water partition coefficient (Wildman–Crippen LogP) is 4.64. The molecule has 0 saturated heterocycles. The molecule has 0 aliphatic heterocycles. The van der Waals surface area contributed by atoms with Gasteiger partial charge in [0.15, 0.2) is 0 Å². The lowest BCUT2D eigenvalue weighted by Gasteiger charge is -2.15. The van der Waals surface area contributed by atoms with E-state index in [1.165, 1.54) is 23.3 Å². The zero-order valence-electron chi connectivity index (χ0n) is 11.1. The molecule has 3 heteroatoms. The first-order valence-electron chi connectivity index (χ1n) is 6.30. The van der Waals surface area contributed by atoms with Crippen molar-refractivity contribution in [1.29, 1.82) is 0 Å². The van der Waals surface area contributed by atoms with Crippen molar-refractivity contribution in [2.24, 2.45) is 0 Å². The van der Waals surface area contributed by atoms with Gasteiger partial charge in [0.2, 0.25) is 0 Å². The van der Waals surface area contributed by atoms with Crippen LogP contribution in [0.2, 0.25) is 5.02 Å². The van der Waals surface area contributed by atoms with Crippen LogP contribution in [-0.2, 0) is 6.54 Å². The second-order valence-electron chi connectivity index (χ2n) is 4.75. The summed E-state index contributed by atoms with van der Waals surface area (Å²) < 4.78 is 13.0. The molecule has 0 unspecified atom stereocenters. The monoisotopic (exact) mass is 277 g/mol. The van der Waals surface area contributed by atoms with Gasteiger partial charge in [0.25, 0.3) is 0 Å². The molecule has 0 radical (unpaired) electrons. The molecule has 2 aromatic rings. The fraction of sp³-hybridized carbons (Fsp3) is 0.250. The third kappa shape index (κ3) is 3.79. The Bertz CT molecular complexity index is 568. The topological polar surface area (TPSA) is 12.0 Å². The Hall–Kier alpha value is -1.38. The fourth-order valence-corrected chi connectivity index (χ4v) is 2.22. The molecular formula is C16H17ClFN. The summed E-state index contributed by atoms with van der Waals surface area (Å²) >= 11 is 6.00. The minimum Gasteiger partial charge on any atom is -0.306 e. The molecule has 2 rings (SSSR count). The van der Waals surface area contributed by atoms with Crippen molar-refractivity contribution in [1.82, 2.24) is 5.32 Å². The van der Waals surface area contributed by atoms with Crippen LogP contribution < -0.4 is 5.32 Å². The molecule has 1 atom stereocenters. The number of hydrogen-bond acceptors (Lipinski definition) is 1. The van der Waals surface area contributed by atoms with E-state index in [0.29, 0.717) is 11.6 Å². The summed E-state index contributed by atoms with van der Waals surface area (Å²) in [5.41, 5.74) is 3.38. The van der Waals surface area contributed by atoms with Gasteiger partial charge in [-0.3, -0.25) is 0 Å². The van der Waals surface area contributed by atoms with Gasteiger partial charge in [-0.25, -0.2) is 4.39 Å². The fourth-order valence-electron chi connectivity index (χ4n) is 1.99. The average Bonchev–Trinajstić information content (AvgIpc) is 2.37. The highest BCUT2D eigenvalue weighted by Gasteiger charge is 2.07. The van der Waals surface area contributed by atoms with Crippen LogP contribution in [0.4, 0.5) is 4.39 Å². The first-order chi connectivity index (χ1) is 9.06. The Balaban J connectivity index is 2.02. The van der Waals surface area contributed by atoms with Gasteiger partial charge >= 0.3 is 0 Å². The summed E-state index contributed by atoms with van der Waals surface area (Å²) in [5.74, 6) is -0.305. The Labute approximate surface area is 118 Å². The largest absolute Gasteiger partial charge is 0.306 e. The van der Waals surface area contributed by atoms with Crippen LogP contribution in [0, 0.1) is 12.7 Å². The Morgan fingerprint density at radius 3 is 2.68 bits per heavy atom. The standard InChI is InChI=1S/C16H17ClFN/c1-11-4-3-5-13(8-11)12(2)19-10-14-6-7-15(18)9-16(14)17/h3-9,12,19H,10H2,1-2H3/t12-/m0/s1. The molecular weight excluding hydrogens is 261 g/mol. The number of rotatable bonds is 4. The average molecular weight is 278 g/mol. The highest BCUT2D eigenvalue weighted by Crippen LogP contribution is 2.19. The molecule has 0 aliphatic carbocycles. The zero-order valence-corrected chi connectivity index (χ0v) is 11.8. The molecule has 1 nitrogen and oxygen atoms in total. The lowest BCUT2D eigenvalue weighted by Crippen LogP contribution is -2.18. The smallest absolute Gasteiger partial charge is 0.124 e. The molecule has 0 spiro atoms. The van der Waals surface area contributed by atoms with Crippen LogP contribution in [0.1, 0.15) is 29.7 Å². The van der Waals surface area contributed by atoms with Crippen LogP contribution >= 0.6 is 11.6 Å². The molecule has 1 N–H and O–H groups in total. The van der Waals surface area contributed by atoms with Gasteiger partial charge in [-0.15, -0.1) is 0 Å². The van der Waals surface area contributed by atoms with E-state index in [4.69, 9.17) is 11.6 Å². The molecule has 19 heavy (non-hydrogen) atoms. The van der Waals surface area contributed by atoms with E-state index in [1.54, 1.807) is 6.07 Å². The normalized spacial score (nSPS) is 12.4. The van der Waals surface area contributed by atoms with Crippen LogP contribution in [0.25, 0.3) is 0 Å². The van der Waals surface area contributed by atoms with Gasteiger partial charge < -0.3 is 5.32 Å². The SMILES string of the molecule is Cc1cccc([C@H](C)NCc2ccc(F)cc2Cl)c1. The van der Waals surface area contributed by atoms with Crippen molar-refractivity contribution in [3.63, 3.8) is 0 Å². The van der Waals surface area contributed by atoms with Crippen LogP contribution in [-0.4, -0.2) is 0 Å². The quantitative estimate of drug-likeness (QED) is 0.858. The molecule has 0 saturated carbocycles. The lowest BCUT2D eigenvalue weighted by atomic mass is 10.1.